The molecule has 2 aromatic carbocycles. The lowest BCUT2D eigenvalue weighted by atomic mass is 9.97. The van der Waals surface area contributed by atoms with Crippen LogP contribution in [0.15, 0.2) is 71.1 Å². The summed E-state index contributed by atoms with van der Waals surface area (Å²) in [5.74, 6) is 1.00. The minimum absolute atomic E-state index is 0.0817. The third kappa shape index (κ3) is 6.35. The minimum atomic E-state index is -0.372. The molecule has 1 fully saturated rings. The Bertz CT molecular complexity index is 1340. The molecule has 2 aliphatic heterocycles. The van der Waals surface area contributed by atoms with Crippen LogP contribution >= 0.6 is 11.3 Å². The third-order valence-electron chi connectivity index (χ3n) is 7.20. The number of hydrogen-bond donors (Lipinski definition) is 0. The zero-order valence-electron chi connectivity index (χ0n) is 22.8. The van der Waals surface area contributed by atoms with Gasteiger partial charge in [-0.05, 0) is 29.6 Å². The summed E-state index contributed by atoms with van der Waals surface area (Å²) in [6.07, 6.45) is 0.506. The molecule has 210 valence electrons. The summed E-state index contributed by atoms with van der Waals surface area (Å²) in [5, 5.41) is 8.22. The van der Waals surface area contributed by atoms with Gasteiger partial charge in [0.2, 0.25) is 0 Å². The van der Waals surface area contributed by atoms with E-state index in [1.165, 1.54) is 16.3 Å². The number of rotatable bonds is 10. The van der Waals surface area contributed by atoms with Crippen molar-refractivity contribution < 1.29 is 23.8 Å². The fraction of sp³-hybridized carbons (Fsp3) is 0.367. The van der Waals surface area contributed by atoms with Crippen molar-refractivity contribution in [1.82, 2.24) is 14.8 Å². The monoisotopic (exact) mass is 562 g/mol. The van der Waals surface area contributed by atoms with Crippen LogP contribution in [0.1, 0.15) is 33.3 Å². The van der Waals surface area contributed by atoms with Crippen molar-refractivity contribution in [3.05, 3.63) is 82.0 Å². The van der Waals surface area contributed by atoms with Gasteiger partial charge in [-0.25, -0.2) is 5.01 Å². The highest BCUT2D eigenvalue weighted by molar-refractivity contribution is 7.12. The van der Waals surface area contributed by atoms with E-state index < -0.39 is 0 Å². The molecule has 1 aromatic heterocycles. The van der Waals surface area contributed by atoms with Crippen molar-refractivity contribution in [3.63, 3.8) is 0 Å². The van der Waals surface area contributed by atoms with Crippen LogP contribution in [0.4, 0.5) is 0 Å². The number of para-hydroxylation sites is 1. The predicted molar refractivity (Wildman–Crippen MR) is 154 cm³/mol. The van der Waals surface area contributed by atoms with Crippen molar-refractivity contribution in [2.75, 3.05) is 60.2 Å². The van der Waals surface area contributed by atoms with Crippen LogP contribution in [-0.2, 0) is 9.53 Å². The first-order valence-corrected chi connectivity index (χ1v) is 14.2. The Labute approximate surface area is 238 Å². The molecule has 9 nitrogen and oxygen atoms in total. The molecular weight excluding hydrogens is 528 g/mol. The molecular formula is C30H34N4O5S. The molecule has 2 amide bonds. The third-order valence-corrected chi connectivity index (χ3v) is 8.06. The maximum atomic E-state index is 14.0. The van der Waals surface area contributed by atoms with E-state index in [0.717, 1.165) is 35.7 Å². The van der Waals surface area contributed by atoms with Crippen LogP contribution in [0.2, 0.25) is 0 Å². The van der Waals surface area contributed by atoms with Crippen molar-refractivity contribution in [2.45, 2.75) is 12.5 Å². The molecule has 0 spiro atoms. The Balaban J connectivity index is 1.43. The van der Waals surface area contributed by atoms with Crippen LogP contribution in [0, 0.1) is 0 Å². The lowest BCUT2D eigenvalue weighted by Gasteiger charge is -2.31. The second kappa shape index (κ2) is 13.1. The second-order valence-electron chi connectivity index (χ2n) is 9.64. The Morgan fingerprint density at radius 1 is 1.05 bits per heavy atom. The van der Waals surface area contributed by atoms with Gasteiger partial charge in [0, 0.05) is 43.7 Å². The summed E-state index contributed by atoms with van der Waals surface area (Å²) < 4.78 is 16.5. The molecule has 1 atom stereocenters. The van der Waals surface area contributed by atoms with E-state index in [4.69, 9.17) is 19.3 Å². The quantitative estimate of drug-likeness (QED) is 0.373. The SMILES string of the molecule is COc1cccc(C2=NN(C(=O)CN(CCN3CCOCC3)C(=O)c3cccs3)C(c3ccccc3OC)C2)c1. The molecule has 0 aliphatic carbocycles. The van der Waals surface area contributed by atoms with Crippen LogP contribution in [0.5, 0.6) is 11.5 Å². The second-order valence-corrected chi connectivity index (χ2v) is 10.6. The number of nitrogens with zero attached hydrogens (tertiary/aromatic N) is 4. The van der Waals surface area contributed by atoms with E-state index >= 15 is 0 Å². The average molecular weight is 563 g/mol. The van der Waals surface area contributed by atoms with Gasteiger partial charge in [0.25, 0.3) is 11.8 Å². The highest BCUT2D eigenvalue weighted by Crippen LogP contribution is 2.38. The Morgan fingerprint density at radius 3 is 2.62 bits per heavy atom. The molecule has 2 aliphatic rings. The number of hydrogen-bond acceptors (Lipinski definition) is 8. The molecule has 3 heterocycles. The van der Waals surface area contributed by atoms with E-state index in [9.17, 15) is 9.59 Å². The summed E-state index contributed by atoms with van der Waals surface area (Å²) in [6.45, 7) is 3.99. The molecule has 3 aromatic rings. The number of benzene rings is 2. The number of thiophene rings is 1. The number of hydrazone groups is 1. The molecule has 0 N–H and O–H groups in total. The van der Waals surface area contributed by atoms with E-state index in [-0.39, 0.29) is 24.4 Å². The highest BCUT2D eigenvalue weighted by Gasteiger charge is 2.36. The number of amides is 2. The van der Waals surface area contributed by atoms with E-state index in [1.807, 2.05) is 60.0 Å². The zero-order valence-corrected chi connectivity index (χ0v) is 23.6. The zero-order chi connectivity index (χ0) is 27.9. The highest BCUT2D eigenvalue weighted by atomic mass is 32.1. The Kier molecular flexibility index (Phi) is 9.10. The molecule has 40 heavy (non-hydrogen) atoms. The molecule has 5 rings (SSSR count). The number of morpholine rings is 1. The minimum Gasteiger partial charge on any atom is -0.497 e. The van der Waals surface area contributed by atoms with Crippen molar-refractivity contribution in [3.8, 4) is 11.5 Å². The van der Waals surface area contributed by atoms with Gasteiger partial charge in [0.15, 0.2) is 0 Å². The van der Waals surface area contributed by atoms with Crippen LogP contribution < -0.4 is 9.47 Å². The van der Waals surface area contributed by atoms with Gasteiger partial charge >= 0.3 is 0 Å². The first-order chi connectivity index (χ1) is 19.6. The van der Waals surface area contributed by atoms with Crippen LogP contribution in [0.3, 0.4) is 0 Å². The van der Waals surface area contributed by atoms with Gasteiger partial charge in [0.1, 0.15) is 18.0 Å². The molecule has 0 bridgehead atoms. The van der Waals surface area contributed by atoms with Crippen molar-refractivity contribution >= 4 is 28.9 Å². The van der Waals surface area contributed by atoms with Gasteiger partial charge in [-0.15, -0.1) is 11.3 Å². The van der Waals surface area contributed by atoms with Crippen molar-refractivity contribution in [1.29, 1.82) is 0 Å². The van der Waals surface area contributed by atoms with Gasteiger partial charge < -0.3 is 19.1 Å². The van der Waals surface area contributed by atoms with Gasteiger partial charge in [-0.2, -0.15) is 5.10 Å². The normalized spacial score (nSPS) is 17.4. The fourth-order valence-corrected chi connectivity index (χ4v) is 5.72. The molecule has 10 heteroatoms. The maximum absolute atomic E-state index is 14.0. The molecule has 1 unspecified atom stereocenters. The first-order valence-electron chi connectivity index (χ1n) is 13.4. The average Bonchev–Trinajstić information content (AvgIpc) is 3.71. The maximum Gasteiger partial charge on any atom is 0.264 e. The standard InChI is InChI=1S/C30H34N4O5S/c1-37-23-8-5-7-22(19-23)25-20-26(24-9-3-4-10-27(24)38-2)34(31-25)29(35)21-33(30(36)28-11-6-18-40-28)13-12-32-14-16-39-17-15-32/h3-11,18-19,26H,12-17,20-21H2,1-2H3. The summed E-state index contributed by atoms with van der Waals surface area (Å²) in [4.78, 5) is 32.0. The largest absolute Gasteiger partial charge is 0.497 e. The van der Waals surface area contributed by atoms with Gasteiger partial charge in [-0.3, -0.25) is 14.5 Å². The molecule has 0 radical (unpaired) electrons. The van der Waals surface area contributed by atoms with E-state index in [2.05, 4.69) is 4.90 Å². The number of ether oxygens (including phenoxy) is 3. The number of carbonyl (C=O) groups excluding carboxylic acids is 2. The summed E-state index contributed by atoms with van der Waals surface area (Å²) >= 11 is 1.38. The fourth-order valence-electron chi connectivity index (χ4n) is 5.03. The molecule has 0 saturated carbocycles. The van der Waals surface area contributed by atoms with Crippen LogP contribution in [0.25, 0.3) is 0 Å². The van der Waals surface area contributed by atoms with Crippen LogP contribution in [-0.4, -0.2) is 92.5 Å². The topological polar surface area (TPSA) is 83.9 Å². The van der Waals surface area contributed by atoms with Gasteiger partial charge in [0.05, 0.1) is 44.1 Å². The predicted octanol–water partition coefficient (Wildman–Crippen LogP) is 3.92. The number of carbonyl (C=O) groups is 2. The Morgan fingerprint density at radius 2 is 1.88 bits per heavy atom. The summed E-state index contributed by atoms with van der Waals surface area (Å²) in [6, 6.07) is 18.6. The Hall–Kier alpha value is -3.73. The lowest BCUT2D eigenvalue weighted by Crippen LogP contribution is -2.46. The van der Waals surface area contributed by atoms with E-state index in [0.29, 0.717) is 43.4 Å². The van der Waals surface area contributed by atoms with Gasteiger partial charge in [-0.1, -0.05) is 36.4 Å². The lowest BCUT2D eigenvalue weighted by molar-refractivity contribution is -0.133. The summed E-state index contributed by atoms with van der Waals surface area (Å²) in [7, 11) is 3.25. The first kappa shape index (κ1) is 27.8. The summed E-state index contributed by atoms with van der Waals surface area (Å²) in [5.41, 5.74) is 2.52. The van der Waals surface area contributed by atoms with E-state index in [1.54, 1.807) is 25.2 Å². The smallest absolute Gasteiger partial charge is 0.264 e. The van der Waals surface area contributed by atoms with Crippen molar-refractivity contribution in [2.24, 2.45) is 5.10 Å². The number of methoxy groups -OCH3 is 2. The molecule has 1 saturated heterocycles.